The summed E-state index contributed by atoms with van der Waals surface area (Å²) in [4.78, 5) is 21.5. The van der Waals surface area contributed by atoms with Crippen molar-refractivity contribution in [1.82, 2.24) is 9.97 Å². The lowest BCUT2D eigenvalue weighted by Crippen LogP contribution is -2.11. The van der Waals surface area contributed by atoms with E-state index in [1.165, 1.54) is 36.0 Å². The number of pyridine rings is 2. The normalized spacial score (nSPS) is 12.8. The van der Waals surface area contributed by atoms with Crippen LogP contribution in [-0.2, 0) is 12.8 Å². The van der Waals surface area contributed by atoms with Crippen LogP contribution in [-0.4, -0.2) is 21.5 Å². The molecule has 3 aromatic rings. The lowest BCUT2D eigenvalue weighted by atomic mass is 9.87. The highest BCUT2D eigenvalue weighted by molar-refractivity contribution is 8.00. The van der Waals surface area contributed by atoms with E-state index in [0.717, 1.165) is 48.1 Å². The first-order valence-corrected chi connectivity index (χ1v) is 10.4. The van der Waals surface area contributed by atoms with Crippen LogP contribution in [0.15, 0.2) is 53.8 Å². The first-order chi connectivity index (χ1) is 14.2. The molecule has 0 fully saturated rings. The number of aryl methyl sites for hydroxylation is 1. The molecular weight excluding hydrogens is 385 g/mol. The SMILES string of the molecule is N#Cc1c(SCC(=O)c2ccc(F)cc2)nc2c(c1-c1cccnc1)CCCC2. The Kier molecular flexibility index (Phi) is 5.68. The molecule has 0 bridgehead atoms. The lowest BCUT2D eigenvalue weighted by Gasteiger charge is -2.21. The predicted octanol–water partition coefficient (Wildman–Crippen LogP) is 5.01. The number of thioether (sulfide) groups is 1. The molecule has 0 radical (unpaired) electrons. The Morgan fingerprint density at radius 3 is 2.69 bits per heavy atom. The number of carbonyl (C=O) groups excluding carboxylic acids is 1. The van der Waals surface area contributed by atoms with Gasteiger partial charge in [-0.05, 0) is 61.6 Å². The summed E-state index contributed by atoms with van der Waals surface area (Å²) in [6.07, 6.45) is 7.37. The first kappa shape index (κ1) is 19.3. The van der Waals surface area contributed by atoms with Gasteiger partial charge >= 0.3 is 0 Å². The van der Waals surface area contributed by atoms with E-state index in [-0.39, 0.29) is 17.4 Å². The summed E-state index contributed by atoms with van der Waals surface area (Å²) in [6.45, 7) is 0. The fourth-order valence-electron chi connectivity index (χ4n) is 3.61. The quantitative estimate of drug-likeness (QED) is 0.443. The molecule has 1 aliphatic carbocycles. The highest BCUT2D eigenvalue weighted by Gasteiger charge is 2.23. The monoisotopic (exact) mass is 403 g/mol. The number of fused-ring (bicyclic) bond motifs is 1. The highest BCUT2D eigenvalue weighted by atomic mass is 32.2. The number of halogens is 1. The molecule has 0 amide bonds. The number of nitrogens with zero attached hydrogens (tertiary/aromatic N) is 3. The number of rotatable bonds is 5. The maximum absolute atomic E-state index is 13.1. The first-order valence-electron chi connectivity index (χ1n) is 9.45. The van der Waals surface area contributed by atoms with Gasteiger partial charge in [0.05, 0.1) is 11.3 Å². The number of hydrogen-bond donors (Lipinski definition) is 0. The summed E-state index contributed by atoms with van der Waals surface area (Å²) in [6, 6.07) is 11.6. The second-order valence-corrected chi connectivity index (χ2v) is 7.84. The van der Waals surface area contributed by atoms with Crippen molar-refractivity contribution >= 4 is 17.5 Å². The van der Waals surface area contributed by atoms with E-state index < -0.39 is 0 Å². The molecule has 1 aliphatic rings. The van der Waals surface area contributed by atoms with E-state index in [2.05, 4.69) is 11.1 Å². The minimum Gasteiger partial charge on any atom is -0.293 e. The Bertz CT molecular complexity index is 1090. The third-order valence-corrected chi connectivity index (χ3v) is 5.98. The molecule has 4 rings (SSSR count). The van der Waals surface area contributed by atoms with Gasteiger partial charge in [-0.15, -0.1) is 0 Å². The zero-order valence-corrected chi connectivity index (χ0v) is 16.5. The molecule has 4 nitrogen and oxygen atoms in total. The van der Waals surface area contributed by atoms with Crippen LogP contribution in [0.3, 0.4) is 0 Å². The number of Topliss-reactive ketones (excluding diaryl/α,β-unsaturated/α-hetero) is 1. The van der Waals surface area contributed by atoms with Crippen LogP contribution < -0.4 is 0 Å². The molecule has 0 saturated carbocycles. The third kappa shape index (κ3) is 4.06. The number of aromatic nitrogens is 2. The molecule has 6 heteroatoms. The molecule has 2 heterocycles. The number of hydrogen-bond acceptors (Lipinski definition) is 5. The second-order valence-electron chi connectivity index (χ2n) is 6.87. The fraction of sp³-hybridized carbons (Fsp3) is 0.217. The smallest absolute Gasteiger partial charge is 0.173 e. The zero-order valence-electron chi connectivity index (χ0n) is 15.7. The Morgan fingerprint density at radius 2 is 1.97 bits per heavy atom. The molecule has 0 aliphatic heterocycles. The predicted molar refractivity (Wildman–Crippen MR) is 110 cm³/mol. The van der Waals surface area contributed by atoms with Gasteiger partial charge in [0, 0.05) is 34.8 Å². The number of ketones is 1. The number of nitriles is 1. The number of carbonyl (C=O) groups is 1. The van der Waals surface area contributed by atoms with Crippen LogP contribution in [0.5, 0.6) is 0 Å². The Labute approximate surface area is 172 Å². The standard InChI is InChI=1S/C23H18FN3OS/c24-17-9-7-15(8-10-17)21(28)14-29-23-19(12-25)22(16-4-3-11-26-13-16)18-5-1-2-6-20(18)27-23/h3-4,7-11,13H,1-2,5-6,14H2. The topological polar surface area (TPSA) is 66.6 Å². The van der Waals surface area contributed by atoms with Crippen LogP contribution >= 0.6 is 11.8 Å². The van der Waals surface area contributed by atoms with Gasteiger partial charge < -0.3 is 0 Å². The van der Waals surface area contributed by atoms with E-state index >= 15 is 0 Å². The molecule has 1 aromatic carbocycles. The minimum absolute atomic E-state index is 0.124. The van der Waals surface area contributed by atoms with Crippen LogP contribution in [0.4, 0.5) is 4.39 Å². The largest absolute Gasteiger partial charge is 0.293 e. The summed E-state index contributed by atoms with van der Waals surface area (Å²) in [7, 11) is 0. The van der Waals surface area contributed by atoms with E-state index in [9.17, 15) is 14.4 Å². The van der Waals surface area contributed by atoms with E-state index in [0.29, 0.717) is 16.2 Å². The minimum atomic E-state index is -0.376. The van der Waals surface area contributed by atoms with E-state index in [1.54, 1.807) is 12.4 Å². The van der Waals surface area contributed by atoms with Gasteiger partial charge in [-0.2, -0.15) is 5.26 Å². The molecule has 0 saturated heterocycles. The lowest BCUT2D eigenvalue weighted by molar-refractivity contribution is 0.102. The van der Waals surface area contributed by atoms with Crippen LogP contribution in [0, 0.1) is 17.1 Å². The Morgan fingerprint density at radius 1 is 1.17 bits per heavy atom. The molecular formula is C23H18FN3OS. The second kappa shape index (κ2) is 8.54. The van der Waals surface area contributed by atoms with Gasteiger partial charge in [0.1, 0.15) is 16.9 Å². The van der Waals surface area contributed by atoms with Gasteiger partial charge in [-0.25, -0.2) is 9.37 Å². The summed E-state index contributed by atoms with van der Waals surface area (Å²) in [5, 5.41) is 10.5. The van der Waals surface area contributed by atoms with Gasteiger partial charge in [0.2, 0.25) is 0 Å². The molecule has 0 atom stereocenters. The van der Waals surface area contributed by atoms with E-state index in [1.807, 2.05) is 12.1 Å². The van der Waals surface area contributed by atoms with Crippen molar-refractivity contribution in [2.75, 3.05) is 5.75 Å². The Balaban J connectivity index is 1.71. The Hall–Kier alpha value is -3.04. The molecule has 0 unspecified atom stereocenters. The maximum atomic E-state index is 13.1. The van der Waals surface area contributed by atoms with Crippen LogP contribution in [0.25, 0.3) is 11.1 Å². The van der Waals surface area contributed by atoms with Crippen molar-refractivity contribution < 1.29 is 9.18 Å². The average Bonchev–Trinajstić information content (AvgIpc) is 2.77. The molecule has 144 valence electrons. The summed E-state index contributed by atoms with van der Waals surface area (Å²) in [5.41, 5.74) is 4.86. The maximum Gasteiger partial charge on any atom is 0.173 e. The van der Waals surface area contributed by atoms with Gasteiger partial charge in [-0.3, -0.25) is 9.78 Å². The van der Waals surface area contributed by atoms with Gasteiger partial charge in [0.15, 0.2) is 5.78 Å². The van der Waals surface area contributed by atoms with E-state index in [4.69, 9.17) is 4.98 Å². The van der Waals surface area contributed by atoms with Crippen LogP contribution in [0.2, 0.25) is 0 Å². The molecule has 29 heavy (non-hydrogen) atoms. The van der Waals surface area contributed by atoms with Gasteiger partial charge in [-0.1, -0.05) is 17.8 Å². The van der Waals surface area contributed by atoms with Crippen molar-refractivity contribution in [2.24, 2.45) is 0 Å². The zero-order chi connectivity index (χ0) is 20.2. The molecule has 0 spiro atoms. The third-order valence-electron chi connectivity index (χ3n) is 5.01. The van der Waals surface area contributed by atoms with Crippen molar-refractivity contribution in [3.63, 3.8) is 0 Å². The summed E-state index contributed by atoms with van der Waals surface area (Å²) < 4.78 is 13.1. The number of benzene rings is 1. The molecule has 2 aromatic heterocycles. The summed E-state index contributed by atoms with van der Waals surface area (Å²) >= 11 is 1.26. The van der Waals surface area contributed by atoms with Crippen molar-refractivity contribution in [1.29, 1.82) is 5.26 Å². The van der Waals surface area contributed by atoms with Crippen molar-refractivity contribution in [2.45, 2.75) is 30.7 Å². The molecule has 0 N–H and O–H groups in total. The average molecular weight is 403 g/mol. The van der Waals surface area contributed by atoms with Crippen molar-refractivity contribution in [3.05, 3.63) is 77.0 Å². The highest BCUT2D eigenvalue weighted by Crippen LogP contribution is 2.37. The fourth-order valence-corrected chi connectivity index (χ4v) is 4.51. The summed E-state index contributed by atoms with van der Waals surface area (Å²) in [5.74, 6) is -0.363. The van der Waals surface area contributed by atoms with Gasteiger partial charge in [0.25, 0.3) is 0 Å². The van der Waals surface area contributed by atoms with Crippen molar-refractivity contribution in [3.8, 4) is 17.2 Å². The van der Waals surface area contributed by atoms with Crippen LogP contribution in [0.1, 0.15) is 40.0 Å².